The molecule has 2 aromatic rings. The van der Waals surface area contributed by atoms with Gasteiger partial charge in [-0.2, -0.15) is 0 Å². The minimum Gasteiger partial charge on any atom is -0.389 e. The van der Waals surface area contributed by atoms with Crippen LogP contribution in [-0.4, -0.2) is 26.6 Å². The molecule has 1 aliphatic carbocycles. The van der Waals surface area contributed by atoms with Gasteiger partial charge in [0, 0.05) is 24.7 Å². The van der Waals surface area contributed by atoms with E-state index in [0.717, 1.165) is 42.9 Å². The molecular weight excluding hydrogens is 282 g/mol. The molecule has 0 aliphatic heterocycles. The Kier molecular flexibility index (Phi) is 3.84. The molecule has 0 atom stereocenters. The predicted octanol–water partition coefficient (Wildman–Crippen LogP) is 3.13. The zero-order valence-electron chi connectivity index (χ0n) is 13.1. The number of hydrogen-bond donors (Lipinski definition) is 2. The summed E-state index contributed by atoms with van der Waals surface area (Å²) >= 11 is 1.66. The molecule has 3 rings (SSSR count). The van der Waals surface area contributed by atoms with Crippen molar-refractivity contribution in [3.63, 3.8) is 0 Å². The summed E-state index contributed by atoms with van der Waals surface area (Å²) < 4.78 is 2.14. The first-order valence-corrected chi connectivity index (χ1v) is 8.61. The van der Waals surface area contributed by atoms with Gasteiger partial charge in [0.2, 0.25) is 0 Å². The number of nitrogens with one attached hydrogen (secondary N) is 1. The van der Waals surface area contributed by atoms with Crippen molar-refractivity contribution in [2.45, 2.75) is 58.6 Å². The van der Waals surface area contributed by atoms with Crippen molar-refractivity contribution in [3.05, 3.63) is 23.0 Å². The average molecular weight is 307 g/mol. The second-order valence-electron chi connectivity index (χ2n) is 7.19. The quantitative estimate of drug-likeness (QED) is 0.912. The summed E-state index contributed by atoms with van der Waals surface area (Å²) in [5.74, 6) is 0. The number of thiazole rings is 1. The molecule has 0 aromatic carbocycles. The van der Waals surface area contributed by atoms with Crippen molar-refractivity contribution in [1.82, 2.24) is 14.7 Å². The lowest BCUT2D eigenvalue weighted by Crippen LogP contribution is -2.45. The molecule has 21 heavy (non-hydrogen) atoms. The van der Waals surface area contributed by atoms with E-state index in [4.69, 9.17) is 0 Å². The first-order valence-electron chi connectivity index (χ1n) is 7.73. The van der Waals surface area contributed by atoms with Crippen LogP contribution in [0.25, 0.3) is 4.96 Å². The van der Waals surface area contributed by atoms with Gasteiger partial charge < -0.3 is 10.4 Å². The first kappa shape index (κ1) is 15.0. The van der Waals surface area contributed by atoms with Gasteiger partial charge in [0.05, 0.1) is 17.0 Å². The zero-order valence-corrected chi connectivity index (χ0v) is 14.0. The molecule has 0 amide bonds. The van der Waals surface area contributed by atoms with E-state index < -0.39 is 5.60 Å². The number of hydrogen-bond acceptors (Lipinski definition) is 4. The number of imidazole rings is 1. The highest BCUT2D eigenvalue weighted by Gasteiger charge is 2.36. The average Bonchev–Trinajstić information content (AvgIpc) is 2.97. The molecule has 0 radical (unpaired) electrons. The van der Waals surface area contributed by atoms with Crippen molar-refractivity contribution in [1.29, 1.82) is 0 Å². The van der Waals surface area contributed by atoms with E-state index in [1.165, 1.54) is 5.69 Å². The maximum absolute atomic E-state index is 10.7. The molecular formula is C16H25N3OS. The fourth-order valence-electron chi connectivity index (χ4n) is 3.14. The van der Waals surface area contributed by atoms with Gasteiger partial charge in [-0.15, -0.1) is 11.3 Å². The fourth-order valence-corrected chi connectivity index (χ4v) is 3.91. The number of aryl methyl sites for hydroxylation is 1. The molecule has 0 bridgehead atoms. The Morgan fingerprint density at radius 2 is 2.05 bits per heavy atom. The molecule has 2 aromatic heterocycles. The zero-order chi connectivity index (χ0) is 15.1. The van der Waals surface area contributed by atoms with Crippen LogP contribution in [0.3, 0.4) is 0 Å². The van der Waals surface area contributed by atoms with E-state index in [1.54, 1.807) is 11.3 Å². The second-order valence-corrected chi connectivity index (χ2v) is 8.06. The Morgan fingerprint density at radius 3 is 2.76 bits per heavy atom. The molecule has 5 heteroatoms. The van der Waals surface area contributed by atoms with Crippen LogP contribution >= 0.6 is 11.3 Å². The molecule has 4 nitrogen and oxygen atoms in total. The van der Waals surface area contributed by atoms with Gasteiger partial charge in [-0.25, -0.2) is 4.98 Å². The third kappa shape index (κ3) is 3.15. The summed E-state index contributed by atoms with van der Waals surface area (Å²) in [7, 11) is 0. The maximum Gasteiger partial charge on any atom is 0.194 e. The first-order chi connectivity index (χ1) is 9.89. The van der Waals surface area contributed by atoms with Gasteiger partial charge in [-0.1, -0.05) is 13.8 Å². The lowest BCUT2D eigenvalue weighted by Gasteiger charge is -2.40. The summed E-state index contributed by atoms with van der Waals surface area (Å²) in [5, 5.41) is 16.2. The van der Waals surface area contributed by atoms with Crippen LogP contribution in [0, 0.1) is 12.3 Å². The highest BCUT2D eigenvalue weighted by atomic mass is 32.1. The lowest BCUT2D eigenvalue weighted by molar-refractivity contribution is -0.0245. The number of rotatable bonds is 4. The Hall–Kier alpha value is -0.910. The Labute approximate surface area is 130 Å². The highest BCUT2D eigenvalue weighted by molar-refractivity contribution is 7.15. The molecule has 0 saturated heterocycles. The van der Waals surface area contributed by atoms with Crippen LogP contribution < -0.4 is 5.32 Å². The molecule has 0 spiro atoms. The van der Waals surface area contributed by atoms with Gasteiger partial charge in [0.1, 0.15) is 0 Å². The minimum atomic E-state index is -0.540. The van der Waals surface area contributed by atoms with Crippen LogP contribution in [-0.2, 0) is 6.54 Å². The number of aromatic nitrogens is 2. The second kappa shape index (κ2) is 5.38. The monoisotopic (exact) mass is 307 g/mol. The van der Waals surface area contributed by atoms with Crippen molar-refractivity contribution in [3.8, 4) is 0 Å². The summed E-state index contributed by atoms with van der Waals surface area (Å²) in [6.07, 6.45) is 6.06. The van der Waals surface area contributed by atoms with Gasteiger partial charge in [-0.3, -0.25) is 4.40 Å². The number of aliphatic hydroxyl groups is 1. The number of nitrogens with zero attached hydrogens (tertiary/aromatic N) is 2. The lowest BCUT2D eigenvalue weighted by atomic mass is 9.71. The SMILES string of the molecule is Cc1nc2sccn2c1CNCC1(O)CCC(C)(C)CC1. The van der Waals surface area contributed by atoms with Crippen LogP contribution in [0.1, 0.15) is 50.9 Å². The van der Waals surface area contributed by atoms with Crippen LogP contribution in [0.5, 0.6) is 0 Å². The van der Waals surface area contributed by atoms with Gasteiger partial charge in [0.15, 0.2) is 4.96 Å². The Balaban J connectivity index is 1.59. The van der Waals surface area contributed by atoms with Crippen LogP contribution in [0.2, 0.25) is 0 Å². The van der Waals surface area contributed by atoms with Gasteiger partial charge in [0.25, 0.3) is 0 Å². The maximum atomic E-state index is 10.7. The molecule has 2 N–H and O–H groups in total. The Morgan fingerprint density at radius 1 is 1.33 bits per heavy atom. The predicted molar refractivity (Wildman–Crippen MR) is 86.7 cm³/mol. The van der Waals surface area contributed by atoms with Crippen molar-refractivity contribution in [2.75, 3.05) is 6.54 Å². The van der Waals surface area contributed by atoms with Crippen molar-refractivity contribution >= 4 is 16.3 Å². The third-order valence-electron chi connectivity index (χ3n) is 4.84. The molecule has 1 fully saturated rings. The van der Waals surface area contributed by atoms with Crippen molar-refractivity contribution < 1.29 is 5.11 Å². The minimum absolute atomic E-state index is 0.386. The van der Waals surface area contributed by atoms with E-state index in [2.05, 4.69) is 47.0 Å². The van der Waals surface area contributed by atoms with Gasteiger partial charge in [-0.05, 0) is 38.0 Å². The highest BCUT2D eigenvalue weighted by Crippen LogP contribution is 2.39. The molecule has 1 aliphatic rings. The topological polar surface area (TPSA) is 49.6 Å². The molecule has 0 unspecified atom stereocenters. The fraction of sp³-hybridized carbons (Fsp3) is 0.688. The normalized spacial score (nSPS) is 21.0. The molecule has 116 valence electrons. The van der Waals surface area contributed by atoms with E-state index in [1.807, 2.05) is 0 Å². The van der Waals surface area contributed by atoms with Crippen LogP contribution in [0.4, 0.5) is 0 Å². The van der Waals surface area contributed by atoms with Gasteiger partial charge >= 0.3 is 0 Å². The molecule has 2 heterocycles. The Bertz CT molecular complexity index is 619. The van der Waals surface area contributed by atoms with E-state index in [0.29, 0.717) is 12.0 Å². The van der Waals surface area contributed by atoms with E-state index >= 15 is 0 Å². The summed E-state index contributed by atoms with van der Waals surface area (Å²) in [6.45, 7) is 8.07. The van der Waals surface area contributed by atoms with E-state index in [9.17, 15) is 5.11 Å². The largest absolute Gasteiger partial charge is 0.389 e. The van der Waals surface area contributed by atoms with Crippen molar-refractivity contribution in [2.24, 2.45) is 5.41 Å². The third-order valence-corrected chi connectivity index (χ3v) is 5.60. The van der Waals surface area contributed by atoms with Crippen LogP contribution in [0.15, 0.2) is 11.6 Å². The summed E-state index contributed by atoms with van der Waals surface area (Å²) in [4.78, 5) is 5.60. The van der Waals surface area contributed by atoms with E-state index in [-0.39, 0.29) is 0 Å². The summed E-state index contributed by atoms with van der Waals surface area (Å²) in [5.41, 5.74) is 2.12. The standard InChI is InChI=1S/C16H25N3OS/c1-12-13(19-8-9-21-14(19)18-12)10-17-11-16(20)6-4-15(2,3)5-7-16/h8-9,17,20H,4-7,10-11H2,1-3H3. The summed E-state index contributed by atoms with van der Waals surface area (Å²) in [6, 6.07) is 0. The molecule has 1 saturated carbocycles. The smallest absolute Gasteiger partial charge is 0.194 e. The number of fused-ring (bicyclic) bond motifs is 1.